The molecule has 1 aromatic carbocycles. The number of thioether (sulfide) groups is 1. The van der Waals surface area contributed by atoms with E-state index in [1.165, 1.54) is 35.5 Å². The maximum Gasteiger partial charge on any atom is 0.419 e. The number of aromatic nitrogens is 4. The lowest BCUT2D eigenvalue weighted by atomic mass is 10.1. The van der Waals surface area contributed by atoms with Crippen molar-refractivity contribution in [3.05, 3.63) is 53.7 Å². The van der Waals surface area contributed by atoms with E-state index in [2.05, 4.69) is 19.9 Å². The fourth-order valence-electron chi connectivity index (χ4n) is 3.91. The normalized spacial score (nSPS) is 15.1. The summed E-state index contributed by atoms with van der Waals surface area (Å²) in [7, 11) is 0. The molecular formula is C23H19F4N5OS2. The Hall–Kier alpha value is -2.99. The van der Waals surface area contributed by atoms with Crippen molar-refractivity contribution >= 4 is 39.3 Å². The number of rotatable bonds is 5. The van der Waals surface area contributed by atoms with Crippen LogP contribution in [0.2, 0.25) is 0 Å². The Kier molecular flexibility index (Phi) is 6.49. The summed E-state index contributed by atoms with van der Waals surface area (Å²) in [6.07, 6.45) is 1.55. The second kappa shape index (κ2) is 9.57. The van der Waals surface area contributed by atoms with Crippen LogP contribution in [0, 0.1) is 5.82 Å². The molecule has 12 heteroatoms. The van der Waals surface area contributed by atoms with Crippen molar-refractivity contribution in [3.8, 4) is 17.0 Å². The summed E-state index contributed by atoms with van der Waals surface area (Å²) >= 11 is 2.87. The van der Waals surface area contributed by atoms with Gasteiger partial charge in [0.2, 0.25) is 11.8 Å². The molecule has 1 saturated heterocycles. The van der Waals surface area contributed by atoms with Crippen molar-refractivity contribution in [1.82, 2.24) is 19.9 Å². The largest absolute Gasteiger partial charge is 0.473 e. The predicted octanol–water partition coefficient (Wildman–Crippen LogP) is 6.08. The quantitative estimate of drug-likeness (QED) is 0.233. The molecule has 5 rings (SSSR count). The summed E-state index contributed by atoms with van der Waals surface area (Å²) in [6.45, 7) is 1.07. The Morgan fingerprint density at radius 1 is 1.06 bits per heavy atom. The predicted molar refractivity (Wildman–Crippen MR) is 127 cm³/mol. The summed E-state index contributed by atoms with van der Waals surface area (Å²) < 4.78 is 59.8. The van der Waals surface area contributed by atoms with Crippen LogP contribution in [0.15, 0.2) is 47.2 Å². The van der Waals surface area contributed by atoms with E-state index in [1.54, 1.807) is 6.07 Å². The van der Waals surface area contributed by atoms with Gasteiger partial charge >= 0.3 is 6.18 Å². The van der Waals surface area contributed by atoms with Crippen LogP contribution < -0.4 is 9.64 Å². The van der Waals surface area contributed by atoms with E-state index in [0.717, 1.165) is 22.0 Å². The average Bonchev–Trinajstić information content (AvgIpc) is 3.29. The van der Waals surface area contributed by atoms with Gasteiger partial charge in [0.1, 0.15) is 22.9 Å². The zero-order valence-electron chi connectivity index (χ0n) is 18.4. The third kappa shape index (κ3) is 4.90. The molecule has 0 radical (unpaired) electrons. The highest BCUT2D eigenvalue weighted by molar-refractivity contribution is 7.98. The van der Waals surface area contributed by atoms with Crippen LogP contribution in [-0.4, -0.2) is 45.4 Å². The highest BCUT2D eigenvalue weighted by Crippen LogP contribution is 2.39. The maximum atomic E-state index is 14.7. The lowest BCUT2D eigenvalue weighted by Gasteiger charge is -2.31. The van der Waals surface area contributed by atoms with E-state index < -0.39 is 11.7 Å². The van der Waals surface area contributed by atoms with Gasteiger partial charge in [-0.1, -0.05) is 6.07 Å². The van der Waals surface area contributed by atoms with Crippen molar-refractivity contribution in [1.29, 1.82) is 0 Å². The van der Waals surface area contributed by atoms with Crippen LogP contribution in [0.3, 0.4) is 0 Å². The van der Waals surface area contributed by atoms with E-state index in [9.17, 15) is 17.6 Å². The lowest BCUT2D eigenvalue weighted by molar-refractivity contribution is -0.138. The van der Waals surface area contributed by atoms with Gasteiger partial charge in [0, 0.05) is 59.7 Å². The van der Waals surface area contributed by atoms with Gasteiger partial charge in [-0.3, -0.25) is 0 Å². The molecule has 0 atom stereocenters. The first kappa shape index (κ1) is 23.7. The highest BCUT2D eigenvalue weighted by Gasteiger charge is 2.32. The zero-order valence-corrected chi connectivity index (χ0v) is 20.1. The molecule has 6 nitrogen and oxygen atoms in total. The van der Waals surface area contributed by atoms with Gasteiger partial charge in [0.15, 0.2) is 0 Å². The first-order chi connectivity index (χ1) is 16.8. The van der Waals surface area contributed by atoms with Crippen molar-refractivity contribution in [2.75, 3.05) is 24.2 Å². The molecule has 0 N–H and O–H groups in total. The number of alkyl halides is 3. The number of hydrogen-bond acceptors (Lipinski definition) is 8. The summed E-state index contributed by atoms with van der Waals surface area (Å²) in [5, 5.41) is 1.86. The number of thiophene rings is 1. The molecule has 1 aliphatic heterocycles. The van der Waals surface area contributed by atoms with Crippen LogP contribution in [0.4, 0.5) is 23.5 Å². The SMILES string of the molecule is CSc1ccc(-c2csc3c(OC4CCN(c5ncc(C(F)(F)F)cn5)CC4)ncnc23)c(F)c1. The monoisotopic (exact) mass is 521 g/mol. The Bertz CT molecular complexity index is 1340. The van der Waals surface area contributed by atoms with E-state index in [1.807, 2.05) is 22.6 Å². The Morgan fingerprint density at radius 2 is 1.80 bits per heavy atom. The van der Waals surface area contributed by atoms with Crippen LogP contribution in [0.1, 0.15) is 18.4 Å². The van der Waals surface area contributed by atoms with Crippen molar-refractivity contribution in [2.45, 2.75) is 30.0 Å². The molecule has 182 valence electrons. The number of piperidine rings is 1. The minimum atomic E-state index is -4.46. The second-order valence-corrected chi connectivity index (χ2v) is 9.68. The molecule has 0 aliphatic carbocycles. The smallest absolute Gasteiger partial charge is 0.419 e. The first-order valence-electron chi connectivity index (χ1n) is 10.7. The van der Waals surface area contributed by atoms with E-state index >= 15 is 0 Å². The molecular weight excluding hydrogens is 502 g/mol. The van der Waals surface area contributed by atoms with Crippen LogP contribution in [0.25, 0.3) is 21.3 Å². The topological polar surface area (TPSA) is 64.0 Å². The zero-order chi connectivity index (χ0) is 24.6. The van der Waals surface area contributed by atoms with E-state index in [4.69, 9.17) is 4.74 Å². The van der Waals surface area contributed by atoms with Crippen LogP contribution >= 0.6 is 23.1 Å². The van der Waals surface area contributed by atoms with Crippen molar-refractivity contribution in [3.63, 3.8) is 0 Å². The first-order valence-corrected chi connectivity index (χ1v) is 12.8. The standard InChI is InChI=1S/C23H19F4N5OS2/c1-34-15-2-3-16(18(24)8-15)17-11-35-20-19(17)30-12-31-21(20)33-14-4-6-32(7-5-14)22-28-9-13(10-29-22)23(25,26)27/h2-3,8-12,14H,4-7H2,1H3. The number of halogens is 4. The van der Waals surface area contributed by atoms with Gasteiger partial charge in [-0.2, -0.15) is 13.2 Å². The minimum absolute atomic E-state index is 0.137. The van der Waals surface area contributed by atoms with Gasteiger partial charge in [-0.05, 0) is 18.4 Å². The van der Waals surface area contributed by atoms with Crippen LogP contribution in [0.5, 0.6) is 5.88 Å². The van der Waals surface area contributed by atoms with Gasteiger partial charge in [0.05, 0.1) is 11.1 Å². The molecule has 4 heterocycles. The van der Waals surface area contributed by atoms with Gasteiger partial charge in [-0.25, -0.2) is 24.3 Å². The molecule has 0 saturated carbocycles. The Balaban J connectivity index is 1.29. The van der Waals surface area contributed by atoms with E-state index in [0.29, 0.717) is 48.5 Å². The fraction of sp³-hybridized carbons (Fsp3) is 0.304. The highest BCUT2D eigenvalue weighted by atomic mass is 32.2. The van der Waals surface area contributed by atoms with Gasteiger partial charge < -0.3 is 9.64 Å². The molecule has 0 amide bonds. The Labute approximate surface area is 206 Å². The number of fused-ring (bicyclic) bond motifs is 1. The minimum Gasteiger partial charge on any atom is -0.473 e. The molecule has 0 unspecified atom stereocenters. The lowest BCUT2D eigenvalue weighted by Crippen LogP contribution is -2.39. The molecule has 1 fully saturated rings. The molecule has 0 spiro atoms. The van der Waals surface area contributed by atoms with Crippen molar-refractivity contribution in [2.24, 2.45) is 0 Å². The third-order valence-corrected chi connectivity index (χ3v) is 7.44. The number of ether oxygens (including phenoxy) is 1. The van der Waals surface area contributed by atoms with Gasteiger partial charge in [-0.15, -0.1) is 23.1 Å². The van der Waals surface area contributed by atoms with Crippen molar-refractivity contribution < 1.29 is 22.3 Å². The maximum absolute atomic E-state index is 14.7. The molecule has 0 bridgehead atoms. The van der Waals surface area contributed by atoms with Gasteiger partial charge in [0.25, 0.3) is 0 Å². The number of hydrogen-bond donors (Lipinski definition) is 0. The summed E-state index contributed by atoms with van der Waals surface area (Å²) in [6, 6.07) is 5.14. The van der Waals surface area contributed by atoms with E-state index in [-0.39, 0.29) is 17.9 Å². The number of nitrogens with zero attached hydrogens (tertiary/aromatic N) is 5. The van der Waals surface area contributed by atoms with Crippen LogP contribution in [-0.2, 0) is 6.18 Å². The molecule has 35 heavy (non-hydrogen) atoms. The summed E-state index contributed by atoms with van der Waals surface area (Å²) in [4.78, 5) is 19.1. The molecule has 3 aromatic heterocycles. The fourth-order valence-corrected chi connectivity index (χ4v) is 5.28. The second-order valence-electron chi connectivity index (χ2n) is 7.93. The Morgan fingerprint density at radius 3 is 2.46 bits per heavy atom. The average molecular weight is 522 g/mol. The third-order valence-electron chi connectivity index (χ3n) is 5.76. The molecule has 1 aliphatic rings. The molecule has 4 aromatic rings. The number of benzene rings is 1. The summed E-state index contributed by atoms with van der Waals surface area (Å²) in [5.74, 6) is 0.394. The summed E-state index contributed by atoms with van der Waals surface area (Å²) in [5.41, 5.74) is 0.925. The number of anilines is 1.